The van der Waals surface area contributed by atoms with Crippen molar-refractivity contribution in [3.8, 4) is 0 Å². The fourth-order valence-corrected chi connectivity index (χ4v) is 2.94. The van der Waals surface area contributed by atoms with E-state index in [1.807, 2.05) is 0 Å². The van der Waals surface area contributed by atoms with Crippen LogP contribution < -0.4 is 5.32 Å². The average molecular weight is 323 g/mol. The van der Waals surface area contributed by atoms with E-state index in [0.717, 1.165) is 32.5 Å². The second-order valence-electron chi connectivity index (χ2n) is 6.28. The lowest BCUT2D eigenvalue weighted by atomic mass is 10.1. The third-order valence-electron chi connectivity index (χ3n) is 4.21. The summed E-state index contributed by atoms with van der Waals surface area (Å²) in [6.45, 7) is 3.03. The van der Waals surface area contributed by atoms with Crippen molar-refractivity contribution in [1.29, 1.82) is 0 Å². The Labute approximate surface area is 137 Å². The molecule has 1 amide bonds. The van der Waals surface area contributed by atoms with Gasteiger partial charge in [-0.15, -0.1) is 0 Å². The molecule has 0 saturated carbocycles. The zero-order valence-corrected chi connectivity index (χ0v) is 13.8. The minimum atomic E-state index is -0.506. The zero-order valence-electron chi connectivity index (χ0n) is 13.8. The summed E-state index contributed by atoms with van der Waals surface area (Å²) in [5, 5.41) is 12.4. The number of halogens is 1. The van der Waals surface area contributed by atoms with E-state index >= 15 is 0 Å². The summed E-state index contributed by atoms with van der Waals surface area (Å²) in [6, 6.07) is 5.65. The molecule has 23 heavy (non-hydrogen) atoms. The van der Waals surface area contributed by atoms with E-state index in [9.17, 15) is 14.3 Å². The van der Waals surface area contributed by atoms with Crippen LogP contribution in [0.25, 0.3) is 0 Å². The molecule has 0 spiro atoms. The quantitative estimate of drug-likeness (QED) is 0.820. The van der Waals surface area contributed by atoms with Gasteiger partial charge in [0.1, 0.15) is 11.9 Å². The first-order valence-electron chi connectivity index (χ1n) is 8.07. The van der Waals surface area contributed by atoms with Crippen molar-refractivity contribution in [2.75, 3.05) is 40.3 Å². The number of aliphatic hydroxyl groups is 1. The van der Waals surface area contributed by atoms with E-state index in [-0.39, 0.29) is 17.8 Å². The van der Waals surface area contributed by atoms with E-state index < -0.39 is 6.04 Å². The molecular weight excluding hydrogens is 297 g/mol. The van der Waals surface area contributed by atoms with Gasteiger partial charge in [-0.2, -0.15) is 0 Å². The smallest absolute Gasteiger partial charge is 0.241 e. The van der Waals surface area contributed by atoms with Gasteiger partial charge in [0.25, 0.3) is 0 Å². The molecular formula is C17H26FN3O2. The summed E-state index contributed by atoms with van der Waals surface area (Å²) in [5.41, 5.74) is 0.647. The Kier molecular flexibility index (Phi) is 6.50. The number of likely N-dealkylation sites (tertiary alicyclic amines) is 1. The van der Waals surface area contributed by atoms with Crippen LogP contribution in [0.4, 0.5) is 4.39 Å². The number of nitrogens with zero attached hydrogens (tertiary/aromatic N) is 2. The Bertz CT molecular complexity index is 516. The number of piperidine rings is 1. The van der Waals surface area contributed by atoms with Gasteiger partial charge in [-0.1, -0.05) is 12.1 Å². The van der Waals surface area contributed by atoms with E-state index in [2.05, 4.69) is 10.2 Å². The van der Waals surface area contributed by atoms with Crippen LogP contribution in [0.1, 0.15) is 24.4 Å². The molecule has 1 aromatic carbocycles. The van der Waals surface area contributed by atoms with E-state index in [1.165, 1.54) is 12.1 Å². The van der Waals surface area contributed by atoms with Gasteiger partial charge in [0.05, 0.1) is 6.10 Å². The summed E-state index contributed by atoms with van der Waals surface area (Å²) in [5.74, 6) is -0.466. The van der Waals surface area contributed by atoms with Gasteiger partial charge in [0, 0.05) is 26.2 Å². The molecule has 1 aromatic rings. The second-order valence-corrected chi connectivity index (χ2v) is 6.28. The first-order valence-corrected chi connectivity index (χ1v) is 8.07. The molecule has 0 unspecified atom stereocenters. The molecule has 5 nitrogen and oxygen atoms in total. The lowest BCUT2D eigenvalue weighted by molar-refractivity contribution is -0.125. The molecule has 1 atom stereocenters. The van der Waals surface area contributed by atoms with Crippen molar-refractivity contribution in [2.45, 2.75) is 25.0 Å². The van der Waals surface area contributed by atoms with Crippen LogP contribution in [0.3, 0.4) is 0 Å². The third-order valence-corrected chi connectivity index (χ3v) is 4.21. The standard InChI is InChI=1S/C17H26FN3O2/c1-20(2)16(13-4-3-5-14(18)12-13)17(23)19-8-11-21-9-6-15(22)7-10-21/h3-5,12,15-16,22H,6-11H2,1-2H3,(H,19,23)/t16-/m1/s1. The number of carbonyl (C=O) groups excluding carboxylic acids is 1. The highest BCUT2D eigenvalue weighted by atomic mass is 19.1. The van der Waals surface area contributed by atoms with Crippen molar-refractivity contribution < 1.29 is 14.3 Å². The molecule has 6 heteroatoms. The highest BCUT2D eigenvalue weighted by Gasteiger charge is 2.23. The number of amides is 1. The minimum absolute atomic E-state index is 0.127. The van der Waals surface area contributed by atoms with Gasteiger partial charge in [0.15, 0.2) is 0 Å². The largest absolute Gasteiger partial charge is 0.393 e. The Morgan fingerprint density at radius 2 is 2.13 bits per heavy atom. The maximum absolute atomic E-state index is 13.4. The average Bonchev–Trinajstić information content (AvgIpc) is 2.49. The summed E-state index contributed by atoms with van der Waals surface area (Å²) < 4.78 is 13.4. The Morgan fingerprint density at radius 1 is 1.43 bits per heavy atom. The number of hydrogen-bond acceptors (Lipinski definition) is 4. The van der Waals surface area contributed by atoms with E-state index in [0.29, 0.717) is 12.1 Å². The number of rotatable bonds is 6. The van der Waals surface area contributed by atoms with Gasteiger partial charge in [-0.05, 0) is 44.6 Å². The normalized spacial score (nSPS) is 18.1. The van der Waals surface area contributed by atoms with Crippen LogP contribution in [0.15, 0.2) is 24.3 Å². The molecule has 2 N–H and O–H groups in total. The molecule has 1 fully saturated rings. The number of likely N-dealkylation sites (N-methyl/N-ethyl adjacent to an activating group) is 1. The fraction of sp³-hybridized carbons (Fsp3) is 0.588. The molecule has 1 aliphatic heterocycles. The maximum atomic E-state index is 13.4. The van der Waals surface area contributed by atoms with Crippen LogP contribution in [0, 0.1) is 5.82 Å². The highest BCUT2D eigenvalue weighted by molar-refractivity contribution is 5.83. The molecule has 1 aliphatic rings. The first kappa shape index (κ1) is 17.8. The van der Waals surface area contributed by atoms with Crippen molar-refractivity contribution in [3.63, 3.8) is 0 Å². The monoisotopic (exact) mass is 323 g/mol. The van der Waals surface area contributed by atoms with Gasteiger partial charge >= 0.3 is 0 Å². The SMILES string of the molecule is CN(C)[C@@H](C(=O)NCCN1CCC(O)CC1)c1cccc(F)c1. The van der Waals surface area contributed by atoms with Crippen LogP contribution in [-0.2, 0) is 4.79 Å². The second kappa shape index (κ2) is 8.38. The number of carbonyl (C=O) groups is 1. The van der Waals surface area contributed by atoms with Gasteiger partial charge in [0.2, 0.25) is 5.91 Å². The molecule has 0 bridgehead atoms. The number of benzene rings is 1. The van der Waals surface area contributed by atoms with E-state index in [4.69, 9.17) is 0 Å². The minimum Gasteiger partial charge on any atom is -0.393 e. The maximum Gasteiger partial charge on any atom is 0.241 e. The molecule has 128 valence electrons. The predicted octanol–water partition coefficient (Wildman–Crippen LogP) is 1.00. The third kappa shape index (κ3) is 5.27. The molecule has 0 aromatic heterocycles. The van der Waals surface area contributed by atoms with Crippen LogP contribution >= 0.6 is 0 Å². The van der Waals surface area contributed by atoms with Gasteiger partial charge in [-0.25, -0.2) is 4.39 Å². The number of hydrogen-bond donors (Lipinski definition) is 2. The molecule has 1 heterocycles. The number of aliphatic hydroxyl groups excluding tert-OH is 1. The fourth-order valence-electron chi connectivity index (χ4n) is 2.94. The Hall–Kier alpha value is -1.50. The van der Waals surface area contributed by atoms with Crippen molar-refractivity contribution in [3.05, 3.63) is 35.6 Å². The predicted molar refractivity (Wildman–Crippen MR) is 87.5 cm³/mol. The van der Waals surface area contributed by atoms with Crippen molar-refractivity contribution >= 4 is 5.91 Å². The topological polar surface area (TPSA) is 55.8 Å². The van der Waals surface area contributed by atoms with Crippen LogP contribution in [0.2, 0.25) is 0 Å². The lowest BCUT2D eigenvalue weighted by Crippen LogP contribution is -2.43. The Balaban J connectivity index is 1.86. The number of nitrogens with one attached hydrogen (secondary N) is 1. The molecule has 0 radical (unpaired) electrons. The summed E-state index contributed by atoms with van der Waals surface area (Å²) in [6.07, 6.45) is 1.39. The summed E-state index contributed by atoms with van der Waals surface area (Å²) in [4.78, 5) is 16.5. The van der Waals surface area contributed by atoms with Crippen molar-refractivity contribution in [2.24, 2.45) is 0 Å². The van der Waals surface area contributed by atoms with Crippen LogP contribution in [0.5, 0.6) is 0 Å². The molecule has 0 aliphatic carbocycles. The Morgan fingerprint density at radius 3 is 2.74 bits per heavy atom. The first-order chi connectivity index (χ1) is 11.0. The highest BCUT2D eigenvalue weighted by Crippen LogP contribution is 2.19. The summed E-state index contributed by atoms with van der Waals surface area (Å²) >= 11 is 0. The van der Waals surface area contributed by atoms with E-state index in [1.54, 1.807) is 31.1 Å². The van der Waals surface area contributed by atoms with Crippen LogP contribution in [-0.4, -0.2) is 67.2 Å². The van der Waals surface area contributed by atoms with Gasteiger partial charge < -0.3 is 15.3 Å². The van der Waals surface area contributed by atoms with Gasteiger partial charge in [-0.3, -0.25) is 9.69 Å². The molecule has 1 saturated heterocycles. The zero-order chi connectivity index (χ0) is 16.8. The lowest BCUT2D eigenvalue weighted by Gasteiger charge is -2.30. The summed E-state index contributed by atoms with van der Waals surface area (Å²) in [7, 11) is 3.61. The molecule has 2 rings (SSSR count). The van der Waals surface area contributed by atoms with Crippen molar-refractivity contribution in [1.82, 2.24) is 15.1 Å².